The largest absolute Gasteiger partial charge is 0.465 e. The fourth-order valence-electron chi connectivity index (χ4n) is 3.50. The Balaban J connectivity index is 0.000000270. The number of hydrogen-bond acceptors (Lipinski definition) is 10. The van der Waals surface area contributed by atoms with Crippen LogP contribution in [-0.4, -0.2) is 64.5 Å². The van der Waals surface area contributed by atoms with Crippen molar-refractivity contribution < 1.29 is 35.9 Å². The molecule has 0 amide bonds. The van der Waals surface area contributed by atoms with Gasteiger partial charge in [-0.15, -0.1) is 0 Å². The van der Waals surface area contributed by atoms with E-state index in [1.54, 1.807) is 86.6 Å². The number of pyridine rings is 2. The summed E-state index contributed by atoms with van der Waals surface area (Å²) < 4.78 is 59.7. The molecule has 0 aliphatic rings. The fraction of sp³-hybridized carbons (Fsp3) is 0.250. The normalized spacial score (nSPS) is 10.7. The molecule has 0 saturated carbocycles. The summed E-state index contributed by atoms with van der Waals surface area (Å²) in [4.78, 5) is 30.5. The minimum absolute atomic E-state index is 0.0118. The summed E-state index contributed by atoms with van der Waals surface area (Å²) in [5.74, 6) is -0.752. The van der Waals surface area contributed by atoms with Crippen molar-refractivity contribution in [3.63, 3.8) is 0 Å². The van der Waals surface area contributed by atoms with Gasteiger partial charge in [0.1, 0.15) is 0 Å². The number of hydrogen-bond donors (Lipinski definition) is 1. The second-order valence-corrected chi connectivity index (χ2v) is 14.1. The zero-order valence-electron chi connectivity index (χ0n) is 26.4. The Morgan fingerprint density at radius 3 is 1.62 bits per heavy atom. The third-order valence-electron chi connectivity index (χ3n) is 6.11. The molecule has 0 saturated heterocycles. The van der Waals surface area contributed by atoms with Crippen LogP contribution in [0.5, 0.6) is 0 Å². The Bertz CT molecular complexity index is 1760. The fourth-order valence-corrected chi connectivity index (χ4v) is 5.56. The number of nitrogens with one attached hydrogen (secondary N) is 1. The zero-order chi connectivity index (χ0) is 34.9. The molecule has 0 atom stereocenters. The molecule has 4 aromatic rings. The van der Waals surface area contributed by atoms with Gasteiger partial charge in [0.05, 0.1) is 60.5 Å². The highest BCUT2D eigenvalue weighted by molar-refractivity contribution is 9.08. The quantitative estimate of drug-likeness (QED) is 0.155. The number of alkyl halides is 1. The summed E-state index contributed by atoms with van der Waals surface area (Å²) in [7, 11) is -3.92. The van der Waals surface area contributed by atoms with E-state index in [1.165, 1.54) is 30.9 Å². The number of aromatic nitrogens is 2. The maximum atomic E-state index is 12.3. The highest BCUT2D eigenvalue weighted by Gasteiger charge is 2.21. The third-order valence-corrected chi connectivity index (χ3v) is 9.73. The molecule has 12 nitrogen and oxygen atoms in total. The van der Waals surface area contributed by atoms with Crippen LogP contribution >= 0.6 is 15.9 Å². The van der Waals surface area contributed by atoms with Crippen molar-refractivity contribution in [2.45, 2.75) is 25.7 Å². The van der Waals surface area contributed by atoms with Crippen molar-refractivity contribution in [3.8, 4) is 0 Å². The van der Waals surface area contributed by atoms with Crippen molar-refractivity contribution in [1.29, 1.82) is 0 Å². The summed E-state index contributed by atoms with van der Waals surface area (Å²) >= 11 is 3.26. The van der Waals surface area contributed by atoms with Crippen LogP contribution in [0.4, 0.5) is 11.4 Å². The van der Waals surface area contributed by atoms with Crippen molar-refractivity contribution in [1.82, 2.24) is 9.97 Å². The smallest absolute Gasteiger partial charge is 0.339 e. The molecule has 252 valence electrons. The number of para-hydroxylation sites is 2. The number of methoxy groups -OCH3 is 2. The molecule has 0 aliphatic carbocycles. The molecule has 4 rings (SSSR count). The number of nitrogens with zero attached hydrogens (tertiary/aromatic N) is 3. The number of rotatable bonds is 11. The lowest BCUT2D eigenvalue weighted by atomic mass is 10.2. The molecule has 0 fully saturated rings. The predicted molar refractivity (Wildman–Crippen MR) is 185 cm³/mol. The van der Waals surface area contributed by atoms with E-state index in [2.05, 4.69) is 40.1 Å². The molecule has 0 bridgehead atoms. The first-order valence-electron chi connectivity index (χ1n) is 14.1. The first-order valence-corrected chi connectivity index (χ1v) is 18.5. The molecule has 47 heavy (non-hydrogen) atoms. The molecule has 2 aromatic heterocycles. The van der Waals surface area contributed by atoms with E-state index in [0.717, 1.165) is 5.69 Å². The van der Waals surface area contributed by atoms with Crippen molar-refractivity contribution >= 4 is 59.3 Å². The summed E-state index contributed by atoms with van der Waals surface area (Å²) in [5.41, 5.74) is 3.41. The van der Waals surface area contributed by atoms with Crippen LogP contribution in [0.2, 0.25) is 0 Å². The van der Waals surface area contributed by atoms with Gasteiger partial charge in [-0.2, -0.15) is 0 Å². The van der Waals surface area contributed by atoms with E-state index in [0.29, 0.717) is 33.5 Å². The van der Waals surface area contributed by atoms with E-state index in [-0.39, 0.29) is 24.0 Å². The van der Waals surface area contributed by atoms with Crippen LogP contribution in [0.3, 0.4) is 0 Å². The van der Waals surface area contributed by atoms with Gasteiger partial charge < -0.3 is 9.47 Å². The van der Waals surface area contributed by atoms with Crippen molar-refractivity contribution in [3.05, 3.63) is 120 Å². The number of benzene rings is 2. The highest BCUT2D eigenvalue weighted by Crippen LogP contribution is 2.20. The topological polar surface area (TPSA) is 162 Å². The van der Waals surface area contributed by atoms with E-state index in [1.807, 2.05) is 12.1 Å². The Morgan fingerprint density at radius 1 is 0.723 bits per heavy atom. The molecular formula is C32H37BrN4O8S2. The first-order chi connectivity index (χ1) is 22.4. The molecule has 0 unspecified atom stereocenters. The first kappa shape index (κ1) is 38.8. The maximum absolute atomic E-state index is 12.3. The summed E-state index contributed by atoms with van der Waals surface area (Å²) in [6.45, 7) is 3.30. The lowest BCUT2D eigenvalue weighted by Crippen LogP contribution is -2.32. The van der Waals surface area contributed by atoms with E-state index < -0.39 is 26.0 Å². The molecule has 0 radical (unpaired) electrons. The van der Waals surface area contributed by atoms with Crippen LogP contribution in [0.25, 0.3) is 0 Å². The van der Waals surface area contributed by atoms with Gasteiger partial charge in [0.15, 0.2) is 0 Å². The van der Waals surface area contributed by atoms with E-state index in [9.17, 15) is 26.4 Å². The maximum Gasteiger partial charge on any atom is 0.339 e. The summed E-state index contributed by atoms with van der Waals surface area (Å²) in [6.07, 6.45) is 2.88. The number of halogens is 1. The van der Waals surface area contributed by atoms with Crippen molar-refractivity contribution in [2.24, 2.45) is 0 Å². The van der Waals surface area contributed by atoms with Crippen molar-refractivity contribution in [2.75, 3.05) is 34.8 Å². The Hall–Kier alpha value is -4.34. The van der Waals surface area contributed by atoms with Crippen LogP contribution in [0, 0.1) is 0 Å². The van der Waals surface area contributed by atoms with E-state index in [4.69, 9.17) is 0 Å². The van der Waals surface area contributed by atoms with Crippen LogP contribution < -0.4 is 9.03 Å². The Kier molecular flexibility index (Phi) is 16.0. The number of carbonyl (C=O) groups excluding carboxylic acids is 2. The summed E-state index contributed by atoms with van der Waals surface area (Å²) in [5, 5.41) is 0.689. The standard InChI is InChI=1S/C16H18N2O4S.C8H8BrNO2.C8H11NO2S/c1-3-23(20,21)18(15-7-5-4-6-8-15)12-14-10-9-13(11-17-14)16(19)22-2;1-12-8(11)6-2-3-7(4-9)10-5-6;1-2-12(10,11)9-8-6-4-3-5-7-8/h4-11H,3,12H2,1-2H3;2-3,5H,4H2,1H3;3-7,9H,2H2,1H3. The van der Waals surface area contributed by atoms with Crippen LogP contribution in [0.15, 0.2) is 97.3 Å². The van der Waals surface area contributed by atoms with Gasteiger partial charge in [0.2, 0.25) is 20.0 Å². The molecule has 2 heterocycles. The average molecular weight is 750 g/mol. The predicted octanol–water partition coefficient (Wildman–Crippen LogP) is 5.44. The lowest BCUT2D eigenvalue weighted by molar-refractivity contribution is 0.0591. The minimum Gasteiger partial charge on any atom is -0.465 e. The van der Waals surface area contributed by atoms with Gasteiger partial charge in [-0.1, -0.05) is 52.3 Å². The molecule has 15 heteroatoms. The van der Waals surface area contributed by atoms with Gasteiger partial charge in [0.25, 0.3) is 0 Å². The Morgan fingerprint density at radius 2 is 1.21 bits per heavy atom. The second kappa shape index (κ2) is 19.4. The molecular weight excluding hydrogens is 712 g/mol. The summed E-state index contributed by atoms with van der Waals surface area (Å²) in [6, 6.07) is 24.3. The highest BCUT2D eigenvalue weighted by atomic mass is 79.9. The second-order valence-electron chi connectivity index (χ2n) is 9.31. The number of carbonyl (C=O) groups is 2. The number of esters is 2. The van der Waals surface area contributed by atoms with Gasteiger partial charge in [-0.3, -0.25) is 19.0 Å². The number of sulfonamides is 2. The van der Waals surface area contributed by atoms with Gasteiger partial charge in [0, 0.05) is 23.4 Å². The Labute approximate surface area is 284 Å². The van der Waals surface area contributed by atoms with Gasteiger partial charge >= 0.3 is 11.9 Å². The van der Waals surface area contributed by atoms with Crippen LogP contribution in [-0.2, 0) is 41.4 Å². The zero-order valence-corrected chi connectivity index (χ0v) is 29.6. The SMILES string of the molecule is CCS(=O)(=O)N(Cc1ccc(C(=O)OC)cn1)c1ccccc1.CCS(=O)(=O)Nc1ccccc1.COC(=O)c1ccc(CBr)nc1. The molecule has 0 spiro atoms. The average Bonchev–Trinajstić information content (AvgIpc) is 3.11. The number of ether oxygens (including phenoxy) is 2. The molecule has 2 aromatic carbocycles. The van der Waals surface area contributed by atoms with Crippen LogP contribution in [0.1, 0.15) is 46.0 Å². The van der Waals surface area contributed by atoms with Gasteiger partial charge in [-0.25, -0.2) is 26.4 Å². The number of anilines is 2. The van der Waals surface area contributed by atoms with E-state index >= 15 is 0 Å². The van der Waals surface area contributed by atoms with Gasteiger partial charge in [-0.05, 0) is 62.4 Å². The molecule has 0 aliphatic heterocycles. The minimum atomic E-state index is -3.44. The monoisotopic (exact) mass is 748 g/mol. The molecule has 1 N–H and O–H groups in total. The lowest BCUT2D eigenvalue weighted by Gasteiger charge is -2.23. The third kappa shape index (κ3) is 13.1.